The lowest BCUT2D eigenvalue weighted by molar-refractivity contribution is -0.394. The van der Waals surface area contributed by atoms with Crippen LogP contribution in [0.1, 0.15) is 6.92 Å². The van der Waals surface area contributed by atoms with Crippen molar-refractivity contribution in [3.63, 3.8) is 0 Å². The summed E-state index contributed by atoms with van der Waals surface area (Å²) in [6.07, 6.45) is 1.13. The van der Waals surface area contributed by atoms with Gasteiger partial charge < -0.3 is 15.4 Å². The van der Waals surface area contributed by atoms with Crippen molar-refractivity contribution < 1.29 is 9.72 Å². The van der Waals surface area contributed by atoms with Gasteiger partial charge >= 0.3 is 5.95 Å². The molecule has 1 atom stereocenters. The van der Waals surface area contributed by atoms with Crippen molar-refractivity contribution in [2.24, 2.45) is 5.92 Å². The Kier molecular flexibility index (Phi) is 5.86. The number of anilines is 1. The van der Waals surface area contributed by atoms with E-state index in [0.29, 0.717) is 11.4 Å². The number of nitrogens with zero attached hydrogens (tertiary/aromatic N) is 5. The Hall–Kier alpha value is -2.93. The third kappa shape index (κ3) is 4.79. The van der Waals surface area contributed by atoms with Gasteiger partial charge in [-0.15, -0.1) is 11.8 Å². The van der Waals surface area contributed by atoms with Crippen LogP contribution in [-0.4, -0.2) is 31.3 Å². The number of benzene rings is 1. The first kappa shape index (κ1) is 17.4. The Bertz CT molecular complexity index is 785. The Labute approximate surface area is 141 Å². The number of thioether (sulfide) groups is 1. The third-order valence-corrected chi connectivity index (χ3v) is 4.20. The van der Waals surface area contributed by atoms with Gasteiger partial charge in [0.1, 0.15) is 6.54 Å². The zero-order valence-electron chi connectivity index (χ0n) is 12.7. The summed E-state index contributed by atoms with van der Waals surface area (Å²) in [6.45, 7) is 1.64. The molecule has 1 N–H and O–H groups in total. The first-order valence-corrected chi connectivity index (χ1v) is 7.93. The summed E-state index contributed by atoms with van der Waals surface area (Å²) < 4.78 is 1.10. The number of carbonyl (C=O) groups excluding carboxylic acids is 1. The van der Waals surface area contributed by atoms with Crippen LogP contribution in [-0.2, 0) is 11.3 Å². The molecule has 2 rings (SSSR count). The minimum Gasteiger partial charge on any atom is -0.390 e. The predicted octanol–water partition coefficient (Wildman–Crippen LogP) is 2.08. The summed E-state index contributed by atoms with van der Waals surface area (Å²) >= 11 is 1.47. The summed E-state index contributed by atoms with van der Waals surface area (Å²) in [5, 5.41) is 25.7. The Morgan fingerprint density at radius 2 is 2.29 bits per heavy atom. The van der Waals surface area contributed by atoms with Gasteiger partial charge in [-0.3, -0.25) is 4.79 Å². The van der Waals surface area contributed by atoms with Gasteiger partial charge in [-0.1, -0.05) is 17.1 Å². The summed E-state index contributed by atoms with van der Waals surface area (Å²) in [5.41, 5.74) is 0.618. The zero-order chi connectivity index (χ0) is 17.5. The molecule has 0 aliphatic rings. The van der Waals surface area contributed by atoms with Crippen molar-refractivity contribution in [2.75, 3.05) is 11.1 Å². The standard InChI is InChI=1S/C14H14N6O3S/c1-10(6-15)8-24-12-5-3-2-4-11(12)17-13(21)7-19-9-16-14(18-19)20(22)23/h2-5,9-10H,7-8H2,1H3,(H,17,21)/t10-/m1/s1. The van der Waals surface area contributed by atoms with E-state index in [4.69, 9.17) is 5.26 Å². The molecule has 0 unspecified atom stereocenters. The molecule has 1 aromatic heterocycles. The monoisotopic (exact) mass is 346 g/mol. The number of nitriles is 1. The van der Waals surface area contributed by atoms with E-state index in [1.165, 1.54) is 11.8 Å². The van der Waals surface area contributed by atoms with Crippen LogP contribution >= 0.6 is 11.8 Å². The van der Waals surface area contributed by atoms with E-state index in [1.54, 1.807) is 12.1 Å². The Morgan fingerprint density at radius 3 is 2.96 bits per heavy atom. The van der Waals surface area contributed by atoms with Crippen molar-refractivity contribution in [2.45, 2.75) is 18.4 Å². The second-order valence-corrected chi connectivity index (χ2v) is 5.95. The van der Waals surface area contributed by atoms with Crippen molar-refractivity contribution in [3.8, 4) is 6.07 Å². The van der Waals surface area contributed by atoms with E-state index in [-0.39, 0.29) is 18.4 Å². The first-order valence-electron chi connectivity index (χ1n) is 6.94. The molecule has 0 saturated heterocycles. The van der Waals surface area contributed by atoms with Crippen molar-refractivity contribution >= 4 is 29.3 Å². The number of rotatable bonds is 7. The fourth-order valence-electron chi connectivity index (χ4n) is 1.73. The molecule has 10 heteroatoms. The number of hydrogen-bond acceptors (Lipinski definition) is 7. The molecular formula is C14H14N6O3S. The number of hydrogen-bond donors (Lipinski definition) is 1. The predicted molar refractivity (Wildman–Crippen MR) is 87.2 cm³/mol. The smallest absolute Gasteiger partial charge is 0.390 e. The average molecular weight is 346 g/mol. The fourth-order valence-corrected chi connectivity index (χ4v) is 2.68. The molecule has 0 bridgehead atoms. The van der Waals surface area contributed by atoms with Gasteiger partial charge in [-0.25, -0.2) is 0 Å². The van der Waals surface area contributed by atoms with Crippen LogP contribution in [0.2, 0.25) is 0 Å². The molecule has 9 nitrogen and oxygen atoms in total. The molecule has 0 saturated carbocycles. The number of amides is 1. The van der Waals surface area contributed by atoms with E-state index in [1.807, 2.05) is 19.1 Å². The summed E-state index contributed by atoms with van der Waals surface area (Å²) in [4.78, 5) is 26.2. The van der Waals surface area contributed by atoms with Crippen LogP contribution in [0.15, 0.2) is 35.5 Å². The number of nitrogens with one attached hydrogen (secondary N) is 1. The molecule has 1 heterocycles. The highest BCUT2D eigenvalue weighted by Gasteiger charge is 2.16. The molecule has 124 valence electrons. The molecule has 0 aliphatic carbocycles. The van der Waals surface area contributed by atoms with Gasteiger partial charge in [-0.05, 0) is 24.0 Å². The van der Waals surface area contributed by atoms with E-state index >= 15 is 0 Å². The van der Waals surface area contributed by atoms with Crippen molar-refractivity contribution in [3.05, 3.63) is 40.7 Å². The van der Waals surface area contributed by atoms with Crippen LogP contribution in [0.4, 0.5) is 11.6 Å². The summed E-state index contributed by atoms with van der Waals surface area (Å²) in [5.74, 6) is -0.423. The van der Waals surface area contributed by atoms with E-state index in [2.05, 4.69) is 21.5 Å². The molecule has 24 heavy (non-hydrogen) atoms. The first-order chi connectivity index (χ1) is 11.5. The van der Waals surface area contributed by atoms with Gasteiger partial charge in [0.25, 0.3) is 0 Å². The lowest BCUT2D eigenvalue weighted by atomic mass is 10.3. The van der Waals surface area contributed by atoms with Crippen LogP contribution < -0.4 is 5.32 Å². The molecule has 0 spiro atoms. The molecule has 0 fully saturated rings. The van der Waals surface area contributed by atoms with E-state index < -0.39 is 10.9 Å². The summed E-state index contributed by atoms with van der Waals surface area (Å²) in [7, 11) is 0. The average Bonchev–Trinajstić information content (AvgIpc) is 3.02. The number of nitro groups is 1. The van der Waals surface area contributed by atoms with Gasteiger partial charge in [0.05, 0.1) is 17.7 Å². The molecule has 0 radical (unpaired) electrons. The maximum atomic E-state index is 12.1. The van der Waals surface area contributed by atoms with Crippen molar-refractivity contribution in [1.82, 2.24) is 14.8 Å². The van der Waals surface area contributed by atoms with E-state index in [9.17, 15) is 14.9 Å². The molecule has 1 aromatic carbocycles. The minimum absolute atomic E-state index is 0.102. The largest absolute Gasteiger partial charge is 0.490 e. The maximum absolute atomic E-state index is 12.1. The van der Waals surface area contributed by atoms with Gasteiger partial charge in [-0.2, -0.15) is 9.94 Å². The van der Waals surface area contributed by atoms with Crippen molar-refractivity contribution in [1.29, 1.82) is 5.26 Å². The molecular weight excluding hydrogens is 332 g/mol. The number of aromatic nitrogens is 3. The maximum Gasteiger partial charge on any atom is 0.490 e. The topological polar surface area (TPSA) is 127 Å². The van der Waals surface area contributed by atoms with Crippen LogP contribution in [0, 0.1) is 27.4 Å². The molecule has 2 aromatic rings. The van der Waals surface area contributed by atoms with Gasteiger partial charge in [0, 0.05) is 15.7 Å². The molecule has 1 amide bonds. The third-order valence-electron chi connectivity index (χ3n) is 2.86. The van der Waals surface area contributed by atoms with Gasteiger partial charge in [0.2, 0.25) is 12.2 Å². The Balaban J connectivity index is 2.00. The van der Waals surface area contributed by atoms with E-state index in [0.717, 1.165) is 15.9 Å². The summed E-state index contributed by atoms with van der Waals surface area (Å²) in [6, 6.07) is 9.39. The highest BCUT2D eigenvalue weighted by Crippen LogP contribution is 2.28. The second-order valence-electron chi connectivity index (χ2n) is 4.88. The zero-order valence-corrected chi connectivity index (χ0v) is 13.6. The second kappa shape index (κ2) is 8.07. The van der Waals surface area contributed by atoms with Crippen LogP contribution in [0.3, 0.4) is 0 Å². The number of para-hydroxylation sites is 1. The van der Waals surface area contributed by atoms with Crippen LogP contribution in [0.25, 0.3) is 0 Å². The quantitative estimate of drug-likeness (QED) is 0.462. The SMILES string of the molecule is C[C@H](C#N)CSc1ccccc1NC(=O)Cn1cnc([N+](=O)[O-])n1. The minimum atomic E-state index is -0.725. The fraction of sp³-hybridized carbons (Fsp3) is 0.286. The number of carbonyl (C=O) groups is 1. The lowest BCUT2D eigenvalue weighted by Gasteiger charge is -2.10. The highest BCUT2D eigenvalue weighted by molar-refractivity contribution is 7.99. The normalized spacial score (nSPS) is 11.5. The Morgan fingerprint density at radius 1 is 1.54 bits per heavy atom. The van der Waals surface area contributed by atoms with Gasteiger partial charge in [0.15, 0.2) is 0 Å². The highest BCUT2D eigenvalue weighted by atomic mass is 32.2. The molecule has 0 aliphatic heterocycles. The van der Waals surface area contributed by atoms with Crippen LogP contribution in [0.5, 0.6) is 0 Å². The lowest BCUT2D eigenvalue weighted by Crippen LogP contribution is -2.19.